The number of rotatable bonds is 25. The minimum Gasteiger partial charge on any atom is -0.494 e. The van der Waals surface area contributed by atoms with E-state index in [9.17, 15) is 0 Å². The van der Waals surface area contributed by atoms with Gasteiger partial charge in [-0.1, -0.05) is 155 Å². The molecule has 6 rings (SSSR count). The smallest absolute Gasteiger partial charge is 0.119 e. The first-order chi connectivity index (χ1) is 28.2. The Morgan fingerprint density at radius 3 is 1.81 bits per heavy atom. The van der Waals surface area contributed by atoms with Crippen LogP contribution in [0.1, 0.15) is 189 Å². The molecule has 0 heterocycles. The van der Waals surface area contributed by atoms with Crippen molar-refractivity contribution >= 4 is 0 Å². The Morgan fingerprint density at radius 2 is 1.19 bits per heavy atom. The molecule has 0 unspecified atom stereocenters. The molecule has 0 saturated heterocycles. The van der Waals surface area contributed by atoms with Gasteiger partial charge in [-0.2, -0.15) is 0 Å². The third kappa shape index (κ3) is 12.0. The summed E-state index contributed by atoms with van der Waals surface area (Å²) in [6.45, 7) is 17.4. The second-order valence-electron chi connectivity index (χ2n) is 20.7. The predicted octanol–water partition coefficient (Wildman–Crippen LogP) is 16.2. The maximum atomic E-state index is 6.56. The van der Waals surface area contributed by atoms with Gasteiger partial charge < -0.3 is 14.2 Å². The Balaban J connectivity index is 0.840. The van der Waals surface area contributed by atoms with Crippen LogP contribution in [0.3, 0.4) is 0 Å². The number of benzene rings is 2. The second-order valence-corrected chi connectivity index (χ2v) is 20.7. The lowest BCUT2D eigenvalue weighted by molar-refractivity contribution is -0.0641. The highest BCUT2D eigenvalue weighted by molar-refractivity contribution is 5.64. The topological polar surface area (TPSA) is 27.7 Å². The van der Waals surface area contributed by atoms with Crippen molar-refractivity contribution in [3.8, 4) is 22.6 Å². The van der Waals surface area contributed by atoms with Crippen molar-refractivity contribution in [1.29, 1.82) is 0 Å². The van der Waals surface area contributed by atoms with Gasteiger partial charge in [-0.15, -0.1) is 0 Å². The number of ether oxygens (including phenoxy) is 3. The van der Waals surface area contributed by atoms with Crippen molar-refractivity contribution in [3.63, 3.8) is 0 Å². The van der Waals surface area contributed by atoms with Crippen LogP contribution in [0.15, 0.2) is 60.2 Å². The fraction of sp³-hybridized carbons (Fsp3) is 0.745. The molecule has 0 spiro atoms. The largest absolute Gasteiger partial charge is 0.494 e. The van der Waals surface area contributed by atoms with Crippen molar-refractivity contribution in [2.24, 2.45) is 46.3 Å². The fourth-order valence-corrected chi connectivity index (χ4v) is 12.7. The van der Waals surface area contributed by atoms with Crippen LogP contribution in [0.5, 0.6) is 11.5 Å². The normalized spacial score (nSPS) is 28.4. The predicted molar refractivity (Wildman–Crippen MR) is 247 cm³/mol. The van der Waals surface area contributed by atoms with E-state index in [0.29, 0.717) is 16.9 Å². The van der Waals surface area contributed by atoms with E-state index in [1.807, 2.05) is 0 Å². The Kier molecular flexibility index (Phi) is 17.6. The molecular formula is C55H86O3. The highest BCUT2D eigenvalue weighted by Crippen LogP contribution is 2.67. The average Bonchev–Trinajstić information content (AvgIpc) is 3.59. The summed E-state index contributed by atoms with van der Waals surface area (Å²) in [7, 11) is 0. The van der Waals surface area contributed by atoms with Gasteiger partial charge >= 0.3 is 0 Å². The van der Waals surface area contributed by atoms with Crippen molar-refractivity contribution in [1.82, 2.24) is 0 Å². The summed E-state index contributed by atoms with van der Waals surface area (Å²) in [4.78, 5) is 0. The van der Waals surface area contributed by atoms with Gasteiger partial charge in [-0.05, 0) is 152 Å². The zero-order valence-corrected chi connectivity index (χ0v) is 38.3. The molecule has 8 atom stereocenters. The molecule has 0 N–H and O–H groups in total. The van der Waals surface area contributed by atoms with E-state index < -0.39 is 0 Å². The minimum absolute atomic E-state index is 0.394. The van der Waals surface area contributed by atoms with Crippen LogP contribution in [0.4, 0.5) is 0 Å². The number of fused-ring (bicyclic) bond motifs is 5. The zero-order chi connectivity index (χ0) is 40.8. The van der Waals surface area contributed by atoms with Crippen LogP contribution in [-0.2, 0) is 4.74 Å². The Hall–Kier alpha value is -2.26. The first-order valence-electron chi connectivity index (χ1n) is 25.0. The highest BCUT2D eigenvalue weighted by Gasteiger charge is 2.59. The molecule has 0 aliphatic heterocycles. The molecule has 0 radical (unpaired) electrons. The summed E-state index contributed by atoms with van der Waals surface area (Å²) in [5.74, 6) is 7.32. The lowest BCUT2D eigenvalue weighted by atomic mass is 9.47. The number of hydrogen-bond donors (Lipinski definition) is 0. The van der Waals surface area contributed by atoms with E-state index >= 15 is 0 Å². The summed E-state index contributed by atoms with van der Waals surface area (Å²) >= 11 is 0. The summed E-state index contributed by atoms with van der Waals surface area (Å²) < 4.78 is 18.7. The molecule has 2 aromatic rings. The lowest BCUT2D eigenvalue weighted by Gasteiger charge is -2.58. The monoisotopic (exact) mass is 795 g/mol. The summed E-state index contributed by atoms with van der Waals surface area (Å²) in [5.41, 5.74) is 5.14. The van der Waals surface area contributed by atoms with Gasteiger partial charge in [0.05, 0.1) is 19.3 Å². The van der Waals surface area contributed by atoms with Gasteiger partial charge in [0, 0.05) is 6.61 Å². The Morgan fingerprint density at radius 1 is 0.603 bits per heavy atom. The summed E-state index contributed by atoms with van der Waals surface area (Å²) in [6.07, 6.45) is 33.9. The van der Waals surface area contributed by atoms with E-state index in [4.69, 9.17) is 14.2 Å². The van der Waals surface area contributed by atoms with Gasteiger partial charge in [0.1, 0.15) is 11.5 Å². The van der Waals surface area contributed by atoms with Gasteiger partial charge in [-0.3, -0.25) is 0 Å². The molecule has 2 aromatic carbocycles. The molecule has 4 aliphatic rings. The third-order valence-corrected chi connectivity index (χ3v) is 16.2. The first kappa shape index (κ1) is 45.3. The van der Waals surface area contributed by atoms with Gasteiger partial charge in [-0.25, -0.2) is 0 Å². The van der Waals surface area contributed by atoms with Crippen LogP contribution in [0.25, 0.3) is 11.1 Å². The van der Waals surface area contributed by atoms with Crippen LogP contribution < -0.4 is 9.47 Å². The second kappa shape index (κ2) is 22.5. The molecular weight excluding hydrogens is 709 g/mol. The van der Waals surface area contributed by atoms with E-state index in [1.165, 1.54) is 133 Å². The minimum atomic E-state index is 0.394. The van der Waals surface area contributed by atoms with Crippen molar-refractivity contribution < 1.29 is 14.2 Å². The molecule has 4 aliphatic carbocycles. The standard InChI is InChI=1S/C55H86O3/c1-7-8-9-10-11-12-13-14-15-16-38-56-47-27-22-44(23-28-47)45-24-29-48(30-25-45)57-39-17-18-40-58-49-34-36-54(5)46(41-49)26-31-50-52-33-32-51(43(4)21-19-20-42(2)3)55(52,6)37-35-53(50)54/h22-30,42-43,49-53H,7-21,31-41H2,1-6H3/t43-,49+,50+,51-,52+,53+,54+,55-/m1/s1. The van der Waals surface area contributed by atoms with E-state index in [2.05, 4.69) is 96.1 Å². The first-order valence-corrected chi connectivity index (χ1v) is 25.0. The zero-order valence-electron chi connectivity index (χ0n) is 38.3. The SMILES string of the molecule is CCCCCCCCCCCCOc1ccc(-c2ccc(OCCCCO[C@H]3CC[C@@]4(C)C(=CC[C@H]5[C@@H]6CC[C@H]([C@H](C)CCCC(C)C)[C@@]6(C)CC[C@@H]54)C3)cc2)cc1. The quantitative estimate of drug-likeness (QED) is 0.0740. The number of hydrogen-bond acceptors (Lipinski definition) is 3. The van der Waals surface area contributed by atoms with Gasteiger partial charge in [0.25, 0.3) is 0 Å². The lowest BCUT2D eigenvalue weighted by Crippen LogP contribution is -2.51. The van der Waals surface area contributed by atoms with Gasteiger partial charge in [0.2, 0.25) is 0 Å². The molecule has 0 bridgehead atoms. The summed E-state index contributed by atoms with van der Waals surface area (Å²) in [5, 5.41) is 0. The van der Waals surface area contributed by atoms with Crippen molar-refractivity contribution in [3.05, 3.63) is 60.2 Å². The number of unbranched alkanes of at least 4 members (excludes halogenated alkanes) is 10. The van der Waals surface area contributed by atoms with Gasteiger partial charge in [0.15, 0.2) is 0 Å². The third-order valence-electron chi connectivity index (χ3n) is 16.2. The van der Waals surface area contributed by atoms with E-state index in [1.54, 1.807) is 5.57 Å². The molecule has 0 amide bonds. The van der Waals surface area contributed by atoms with Crippen LogP contribution >= 0.6 is 0 Å². The maximum absolute atomic E-state index is 6.56. The van der Waals surface area contributed by atoms with Crippen molar-refractivity contribution in [2.75, 3.05) is 19.8 Å². The molecule has 324 valence electrons. The molecule has 58 heavy (non-hydrogen) atoms. The van der Waals surface area contributed by atoms with E-state index in [-0.39, 0.29) is 0 Å². The fourth-order valence-electron chi connectivity index (χ4n) is 12.7. The average molecular weight is 795 g/mol. The molecule has 3 saturated carbocycles. The highest BCUT2D eigenvalue weighted by atomic mass is 16.5. The van der Waals surface area contributed by atoms with Crippen LogP contribution in [0, 0.1) is 46.3 Å². The molecule has 3 heteroatoms. The van der Waals surface area contributed by atoms with Crippen LogP contribution in [0.2, 0.25) is 0 Å². The number of allylic oxidation sites excluding steroid dienone is 1. The molecule has 0 aromatic heterocycles. The van der Waals surface area contributed by atoms with Crippen LogP contribution in [-0.4, -0.2) is 25.9 Å². The molecule has 3 fully saturated rings. The molecule has 3 nitrogen and oxygen atoms in total. The Labute approximate surface area is 357 Å². The maximum Gasteiger partial charge on any atom is 0.119 e. The summed E-state index contributed by atoms with van der Waals surface area (Å²) in [6, 6.07) is 17.1. The Bertz CT molecular complexity index is 1490. The van der Waals surface area contributed by atoms with Crippen molar-refractivity contribution in [2.45, 2.75) is 195 Å². The van der Waals surface area contributed by atoms with E-state index in [0.717, 1.165) is 92.5 Å².